The fraction of sp³-hybridized carbons (Fsp3) is 0.0556. The summed E-state index contributed by atoms with van der Waals surface area (Å²) in [7, 11) is -4.41. The Labute approximate surface area is 154 Å². The van der Waals surface area contributed by atoms with E-state index >= 15 is 0 Å². The summed E-state index contributed by atoms with van der Waals surface area (Å²) in [4.78, 5) is 11.1. The third-order valence-electron chi connectivity index (χ3n) is 3.95. The number of nitrogens with zero attached hydrogens (tertiary/aromatic N) is 2. The molecule has 0 radical (unpaired) electrons. The molecule has 0 aromatic heterocycles. The molecule has 0 fully saturated rings. The Morgan fingerprint density at radius 3 is 2.30 bits per heavy atom. The lowest BCUT2D eigenvalue weighted by Gasteiger charge is -2.07. The number of carboxylic acids is 1. The molecule has 138 valence electrons. The highest BCUT2D eigenvalue weighted by molar-refractivity contribution is 7.85. The average molecular weight is 386 g/mol. The average Bonchev–Trinajstić information content (AvgIpc) is 2.61. The van der Waals surface area contributed by atoms with Crippen LogP contribution in [0.2, 0.25) is 0 Å². The van der Waals surface area contributed by atoms with Crippen LogP contribution in [0, 0.1) is 6.92 Å². The van der Waals surface area contributed by atoms with Crippen molar-refractivity contribution in [2.24, 2.45) is 10.2 Å². The smallest absolute Gasteiger partial charge is 0.339 e. The van der Waals surface area contributed by atoms with Gasteiger partial charge in [0.25, 0.3) is 10.1 Å². The number of hydrogen-bond acceptors (Lipinski definition) is 6. The van der Waals surface area contributed by atoms with E-state index in [2.05, 4.69) is 10.2 Å². The maximum atomic E-state index is 11.4. The van der Waals surface area contributed by atoms with Gasteiger partial charge in [0.2, 0.25) is 0 Å². The summed E-state index contributed by atoms with van der Waals surface area (Å²) in [5, 5.41) is 28.1. The SMILES string of the molecule is Cc1ccc(N=Nc2cc(C(=O)O)c(O)c3ccccc23)cc1S(=O)(=O)O. The van der Waals surface area contributed by atoms with Crippen molar-refractivity contribution in [1.29, 1.82) is 0 Å². The van der Waals surface area contributed by atoms with Gasteiger partial charge >= 0.3 is 5.97 Å². The molecule has 0 atom stereocenters. The van der Waals surface area contributed by atoms with E-state index in [9.17, 15) is 28.0 Å². The van der Waals surface area contributed by atoms with Gasteiger partial charge in [-0.2, -0.15) is 13.5 Å². The maximum absolute atomic E-state index is 11.4. The van der Waals surface area contributed by atoms with Crippen molar-refractivity contribution in [2.75, 3.05) is 0 Å². The number of carboxylic acid groups (broad SMARTS) is 1. The van der Waals surface area contributed by atoms with Crippen molar-refractivity contribution in [3.05, 3.63) is 59.7 Å². The Kier molecular flexibility index (Phi) is 4.64. The standard InChI is InChI=1S/C18H14N2O6S/c1-10-6-7-11(8-16(10)27(24,25)26)19-20-15-9-14(18(22)23)17(21)13-5-3-2-4-12(13)15/h2-9,21H,1H3,(H,22,23)(H,24,25,26). The molecule has 0 unspecified atom stereocenters. The Morgan fingerprint density at radius 1 is 1.00 bits per heavy atom. The van der Waals surface area contributed by atoms with E-state index in [-0.39, 0.29) is 27.6 Å². The van der Waals surface area contributed by atoms with Gasteiger partial charge in [-0.25, -0.2) is 4.79 Å². The van der Waals surface area contributed by atoms with E-state index in [0.717, 1.165) is 6.07 Å². The lowest BCUT2D eigenvalue weighted by molar-refractivity contribution is 0.0694. The summed E-state index contributed by atoms with van der Waals surface area (Å²) < 4.78 is 32.1. The molecule has 0 saturated heterocycles. The summed E-state index contributed by atoms with van der Waals surface area (Å²) in [6.07, 6.45) is 0. The Balaban J connectivity index is 2.15. The first-order valence-corrected chi connectivity index (χ1v) is 9.10. The zero-order valence-corrected chi connectivity index (χ0v) is 14.8. The predicted molar refractivity (Wildman–Crippen MR) is 97.7 cm³/mol. The number of carbonyl (C=O) groups is 1. The van der Waals surface area contributed by atoms with Crippen LogP contribution in [0.1, 0.15) is 15.9 Å². The number of aromatic carboxylic acids is 1. The lowest BCUT2D eigenvalue weighted by Crippen LogP contribution is -2.00. The zero-order chi connectivity index (χ0) is 19.8. The van der Waals surface area contributed by atoms with Crippen LogP contribution in [0.3, 0.4) is 0 Å². The first-order valence-electron chi connectivity index (χ1n) is 7.66. The minimum Gasteiger partial charge on any atom is -0.506 e. The molecule has 0 aliphatic carbocycles. The van der Waals surface area contributed by atoms with Crippen molar-refractivity contribution in [1.82, 2.24) is 0 Å². The Hall–Kier alpha value is -3.30. The van der Waals surface area contributed by atoms with Crippen LogP contribution in [-0.2, 0) is 10.1 Å². The second-order valence-corrected chi connectivity index (χ2v) is 7.16. The van der Waals surface area contributed by atoms with E-state index in [1.165, 1.54) is 25.1 Å². The number of benzene rings is 3. The zero-order valence-electron chi connectivity index (χ0n) is 14.0. The fourth-order valence-electron chi connectivity index (χ4n) is 2.63. The minimum atomic E-state index is -4.41. The molecular formula is C18H14N2O6S. The van der Waals surface area contributed by atoms with E-state index < -0.39 is 16.1 Å². The summed E-state index contributed by atoms with van der Waals surface area (Å²) in [6, 6.07) is 11.9. The molecule has 0 saturated carbocycles. The topological polar surface area (TPSA) is 137 Å². The number of aryl methyl sites for hydroxylation is 1. The summed E-state index contributed by atoms with van der Waals surface area (Å²) in [5.74, 6) is -1.69. The van der Waals surface area contributed by atoms with Gasteiger partial charge in [0.1, 0.15) is 11.3 Å². The van der Waals surface area contributed by atoms with E-state index in [0.29, 0.717) is 16.3 Å². The van der Waals surface area contributed by atoms with E-state index in [4.69, 9.17) is 0 Å². The summed E-state index contributed by atoms with van der Waals surface area (Å²) >= 11 is 0. The highest BCUT2D eigenvalue weighted by Crippen LogP contribution is 2.37. The molecule has 0 aliphatic heterocycles. The van der Waals surface area contributed by atoms with Crippen LogP contribution in [0.15, 0.2) is 63.7 Å². The first kappa shape index (κ1) is 18.5. The Morgan fingerprint density at radius 2 is 1.67 bits per heavy atom. The highest BCUT2D eigenvalue weighted by atomic mass is 32.2. The third kappa shape index (κ3) is 3.64. The number of hydrogen-bond donors (Lipinski definition) is 3. The van der Waals surface area contributed by atoms with Gasteiger partial charge in [-0.15, -0.1) is 5.11 Å². The predicted octanol–water partition coefficient (Wildman–Crippen LogP) is 4.21. The quantitative estimate of drug-likeness (QED) is 0.454. The molecule has 3 N–H and O–H groups in total. The fourth-order valence-corrected chi connectivity index (χ4v) is 3.37. The van der Waals surface area contributed by atoms with Crippen LogP contribution >= 0.6 is 0 Å². The van der Waals surface area contributed by atoms with Gasteiger partial charge < -0.3 is 10.2 Å². The van der Waals surface area contributed by atoms with Crippen molar-refractivity contribution < 1.29 is 28.0 Å². The number of azo groups is 1. The minimum absolute atomic E-state index is 0.155. The van der Waals surface area contributed by atoms with Gasteiger partial charge in [0.15, 0.2) is 0 Å². The molecule has 3 aromatic rings. The van der Waals surface area contributed by atoms with Crippen LogP contribution in [0.5, 0.6) is 5.75 Å². The summed E-state index contributed by atoms with van der Waals surface area (Å²) in [6.45, 7) is 1.52. The molecule has 0 bridgehead atoms. The highest BCUT2D eigenvalue weighted by Gasteiger charge is 2.17. The monoisotopic (exact) mass is 386 g/mol. The van der Waals surface area contributed by atoms with Gasteiger partial charge in [0, 0.05) is 10.8 Å². The van der Waals surface area contributed by atoms with Crippen molar-refractivity contribution in [3.8, 4) is 5.75 Å². The van der Waals surface area contributed by atoms with Crippen molar-refractivity contribution in [3.63, 3.8) is 0 Å². The van der Waals surface area contributed by atoms with E-state index in [1.54, 1.807) is 24.3 Å². The molecule has 0 aliphatic rings. The number of rotatable bonds is 4. The second-order valence-electron chi connectivity index (χ2n) is 5.77. The van der Waals surface area contributed by atoms with Crippen LogP contribution in [0.25, 0.3) is 10.8 Å². The van der Waals surface area contributed by atoms with Gasteiger partial charge in [-0.1, -0.05) is 30.3 Å². The number of phenols is 1. The molecule has 0 spiro atoms. The molecule has 8 nitrogen and oxygen atoms in total. The first-order chi connectivity index (χ1) is 12.7. The normalized spacial score (nSPS) is 11.9. The molecular weight excluding hydrogens is 372 g/mol. The summed E-state index contributed by atoms with van der Waals surface area (Å²) in [5.41, 5.74) is 0.363. The Bertz CT molecular complexity index is 1200. The van der Waals surface area contributed by atoms with Crippen LogP contribution in [0.4, 0.5) is 11.4 Å². The third-order valence-corrected chi connectivity index (χ3v) is 4.94. The molecule has 0 amide bonds. The van der Waals surface area contributed by atoms with Gasteiger partial charge in [0.05, 0.1) is 16.3 Å². The number of aromatic hydroxyl groups is 1. The molecule has 3 rings (SSSR count). The van der Waals surface area contributed by atoms with Gasteiger partial charge in [-0.3, -0.25) is 4.55 Å². The lowest BCUT2D eigenvalue weighted by atomic mass is 10.0. The largest absolute Gasteiger partial charge is 0.506 e. The van der Waals surface area contributed by atoms with Crippen molar-refractivity contribution >= 4 is 38.2 Å². The maximum Gasteiger partial charge on any atom is 0.339 e. The molecule has 0 heterocycles. The number of fused-ring (bicyclic) bond motifs is 1. The van der Waals surface area contributed by atoms with Crippen LogP contribution in [-0.4, -0.2) is 29.2 Å². The molecule has 3 aromatic carbocycles. The molecule has 27 heavy (non-hydrogen) atoms. The molecule has 9 heteroatoms. The van der Waals surface area contributed by atoms with Gasteiger partial charge in [-0.05, 0) is 30.7 Å². The van der Waals surface area contributed by atoms with Crippen LogP contribution < -0.4 is 0 Å². The van der Waals surface area contributed by atoms with E-state index in [1.807, 2.05) is 0 Å². The second kappa shape index (κ2) is 6.78. The van der Waals surface area contributed by atoms with Crippen molar-refractivity contribution in [2.45, 2.75) is 11.8 Å².